The lowest BCUT2D eigenvalue weighted by atomic mass is 9.93. The number of rotatable bonds is 9. The monoisotopic (exact) mass is 428 g/mol. The number of hydrogen-bond acceptors (Lipinski definition) is 5. The zero-order valence-corrected chi connectivity index (χ0v) is 17.8. The van der Waals surface area contributed by atoms with E-state index in [-0.39, 0.29) is 0 Å². The lowest BCUT2D eigenvalue weighted by Crippen LogP contribution is -2.14. The van der Waals surface area contributed by atoms with E-state index in [2.05, 4.69) is 9.97 Å². The van der Waals surface area contributed by atoms with E-state index < -0.39 is 11.9 Å². The Morgan fingerprint density at radius 2 is 1.84 bits per heavy atom. The maximum Gasteiger partial charge on any atom is 0.311 e. The highest BCUT2D eigenvalue weighted by molar-refractivity contribution is 5.76. The molecule has 0 saturated heterocycles. The minimum absolute atomic E-state index is 0.391. The first-order valence-corrected chi connectivity index (χ1v) is 10.5. The van der Waals surface area contributed by atoms with Gasteiger partial charge in [-0.05, 0) is 54.8 Å². The number of aromatic nitrogens is 2. The van der Waals surface area contributed by atoms with Crippen LogP contribution in [-0.2, 0) is 17.6 Å². The SMILES string of the molecule is Cc1oc(-c2ccccc2)nc1CCOc1ccc(CC(C(=O)O)c2cccnc2)cc1. The van der Waals surface area contributed by atoms with Crippen molar-refractivity contribution >= 4 is 5.97 Å². The van der Waals surface area contributed by atoms with Crippen molar-refractivity contribution in [3.8, 4) is 17.2 Å². The van der Waals surface area contributed by atoms with Gasteiger partial charge < -0.3 is 14.3 Å². The first-order chi connectivity index (χ1) is 15.6. The van der Waals surface area contributed by atoms with Gasteiger partial charge in [-0.25, -0.2) is 4.98 Å². The molecule has 0 aliphatic carbocycles. The second kappa shape index (κ2) is 9.92. The summed E-state index contributed by atoms with van der Waals surface area (Å²) < 4.78 is 11.7. The third kappa shape index (κ3) is 5.21. The first kappa shape index (κ1) is 21.3. The van der Waals surface area contributed by atoms with Gasteiger partial charge in [0.2, 0.25) is 5.89 Å². The molecule has 6 heteroatoms. The fourth-order valence-corrected chi connectivity index (χ4v) is 3.52. The highest BCUT2D eigenvalue weighted by Crippen LogP contribution is 2.24. The number of ether oxygens (including phenoxy) is 1. The smallest absolute Gasteiger partial charge is 0.311 e. The topological polar surface area (TPSA) is 85.5 Å². The fourth-order valence-electron chi connectivity index (χ4n) is 3.52. The van der Waals surface area contributed by atoms with Crippen molar-refractivity contribution < 1.29 is 19.1 Å². The summed E-state index contributed by atoms with van der Waals surface area (Å²) in [5, 5.41) is 9.60. The van der Waals surface area contributed by atoms with Gasteiger partial charge >= 0.3 is 5.97 Å². The molecule has 1 unspecified atom stereocenters. The Hall–Kier alpha value is -3.93. The quantitative estimate of drug-likeness (QED) is 0.400. The van der Waals surface area contributed by atoms with Crippen LogP contribution in [0.4, 0.5) is 0 Å². The molecule has 0 spiro atoms. The molecule has 2 heterocycles. The number of aliphatic carboxylic acids is 1. The van der Waals surface area contributed by atoms with Gasteiger partial charge in [-0.15, -0.1) is 0 Å². The van der Waals surface area contributed by atoms with E-state index >= 15 is 0 Å². The summed E-state index contributed by atoms with van der Waals surface area (Å²) >= 11 is 0. The van der Waals surface area contributed by atoms with E-state index in [9.17, 15) is 9.90 Å². The molecule has 162 valence electrons. The summed E-state index contributed by atoms with van der Waals surface area (Å²) in [6.45, 7) is 2.37. The van der Waals surface area contributed by atoms with E-state index in [1.165, 1.54) is 0 Å². The molecule has 1 atom stereocenters. The molecular weight excluding hydrogens is 404 g/mol. The van der Waals surface area contributed by atoms with Crippen molar-refractivity contribution in [2.24, 2.45) is 0 Å². The fraction of sp³-hybridized carbons (Fsp3) is 0.192. The van der Waals surface area contributed by atoms with Crippen LogP contribution in [-0.4, -0.2) is 27.7 Å². The largest absolute Gasteiger partial charge is 0.493 e. The number of carboxylic acids is 1. The zero-order valence-electron chi connectivity index (χ0n) is 17.8. The third-order valence-electron chi connectivity index (χ3n) is 5.27. The summed E-state index contributed by atoms with van der Waals surface area (Å²) in [4.78, 5) is 20.3. The van der Waals surface area contributed by atoms with Crippen LogP contribution < -0.4 is 4.74 Å². The van der Waals surface area contributed by atoms with E-state index in [0.29, 0.717) is 30.9 Å². The van der Waals surface area contributed by atoms with Gasteiger partial charge in [0.25, 0.3) is 0 Å². The molecule has 32 heavy (non-hydrogen) atoms. The molecule has 0 bridgehead atoms. The van der Waals surface area contributed by atoms with Crippen molar-refractivity contribution in [3.63, 3.8) is 0 Å². The van der Waals surface area contributed by atoms with Gasteiger partial charge in [-0.1, -0.05) is 36.4 Å². The standard InChI is InChI=1S/C26H24N2O4/c1-18-24(28-25(32-18)20-6-3-2-4-7-20)13-15-31-22-11-9-19(10-12-22)16-23(26(29)30)21-8-5-14-27-17-21/h2-12,14,17,23H,13,15-16H2,1H3,(H,29,30). The van der Waals surface area contributed by atoms with Crippen LogP contribution in [0.15, 0.2) is 83.5 Å². The molecule has 0 saturated carbocycles. The van der Waals surface area contributed by atoms with Crippen molar-refractivity contribution in [2.75, 3.05) is 6.61 Å². The van der Waals surface area contributed by atoms with Crippen LogP contribution in [0.2, 0.25) is 0 Å². The Labute approximate surface area is 186 Å². The number of oxazole rings is 1. The van der Waals surface area contributed by atoms with E-state index in [4.69, 9.17) is 9.15 Å². The van der Waals surface area contributed by atoms with Crippen LogP contribution in [0.5, 0.6) is 5.75 Å². The number of hydrogen-bond donors (Lipinski definition) is 1. The zero-order chi connectivity index (χ0) is 22.3. The lowest BCUT2D eigenvalue weighted by molar-refractivity contribution is -0.138. The van der Waals surface area contributed by atoms with Gasteiger partial charge in [0.05, 0.1) is 18.2 Å². The number of aryl methyl sites for hydroxylation is 1. The molecule has 4 rings (SSSR count). The van der Waals surface area contributed by atoms with Crippen LogP contribution >= 0.6 is 0 Å². The summed E-state index contributed by atoms with van der Waals surface area (Å²) in [5.41, 5.74) is 3.44. The predicted molar refractivity (Wildman–Crippen MR) is 121 cm³/mol. The normalized spacial score (nSPS) is 11.8. The molecule has 1 N–H and O–H groups in total. The Morgan fingerprint density at radius 1 is 1.06 bits per heavy atom. The van der Waals surface area contributed by atoms with Crippen molar-refractivity contribution in [2.45, 2.75) is 25.7 Å². The second-order valence-corrected chi connectivity index (χ2v) is 7.51. The van der Waals surface area contributed by atoms with Gasteiger partial charge in [-0.2, -0.15) is 0 Å². The molecule has 6 nitrogen and oxygen atoms in total. The maximum atomic E-state index is 11.7. The second-order valence-electron chi connectivity index (χ2n) is 7.51. The third-order valence-corrected chi connectivity index (χ3v) is 5.27. The lowest BCUT2D eigenvalue weighted by Gasteiger charge is -2.13. The average molecular weight is 428 g/mol. The van der Waals surface area contributed by atoms with Gasteiger partial charge in [0.15, 0.2) is 0 Å². The molecule has 0 fully saturated rings. The minimum Gasteiger partial charge on any atom is -0.493 e. The summed E-state index contributed by atoms with van der Waals surface area (Å²) in [6, 6.07) is 20.9. The Bertz CT molecular complexity index is 1160. The minimum atomic E-state index is -0.865. The van der Waals surface area contributed by atoms with Crippen LogP contribution in [0.1, 0.15) is 28.5 Å². The van der Waals surface area contributed by atoms with Gasteiger partial charge in [-0.3, -0.25) is 9.78 Å². The summed E-state index contributed by atoms with van der Waals surface area (Å²) in [7, 11) is 0. The Balaban J connectivity index is 1.34. The number of nitrogens with zero attached hydrogens (tertiary/aromatic N) is 2. The molecular formula is C26H24N2O4. The van der Waals surface area contributed by atoms with E-state index in [1.54, 1.807) is 24.5 Å². The highest BCUT2D eigenvalue weighted by atomic mass is 16.5. The Kier molecular flexibility index (Phi) is 6.60. The number of benzene rings is 2. The van der Waals surface area contributed by atoms with Crippen LogP contribution in [0.25, 0.3) is 11.5 Å². The Morgan fingerprint density at radius 3 is 2.53 bits per heavy atom. The predicted octanol–water partition coefficient (Wildman–Crippen LogP) is 5.08. The van der Waals surface area contributed by atoms with Crippen molar-refractivity contribution in [1.82, 2.24) is 9.97 Å². The van der Waals surface area contributed by atoms with Crippen molar-refractivity contribution in [3.05, 3.63) is 102 Å². The average Bonchev–Trinajstić information content (AvgIpc) is 3.20. The number of carbonyl (C=O) groups is 1. The molecule has 0 amide bonds. The van der Waals surface area contributed by atoms with Gasteiger partial charge in [0.1, 0.15) is 11.5 Å². The summed E-state index contributed by atoms with van der Waals surface area (Å²) in [6.07, 6.45) is 4.26. The molecule has 0 aliphatic heterocycles. The van der Waals surface area contributed by atoms with E-state index in [1.807, 2.05) is 61.5 Å². The maximum absolute atomic E-state index is 11.7. The molecule has 2 aromatic carbocycles. The number of pyridine rings is 1. The summed E-state index contributed by atoms with van der Waals surface area (Å²) in [5.74, 6) is 0.633. The van der Waals surface area contributed by atoms with Crippen LogP contribution in [0, 0.1) is 6.92 Å². The molecule has 2 aromatic heterocycles. The van der Waals surface area contributed by atoms with Crippen molar-refractivity contribution in [1.29, 1.82) is 0 Å². The van der Waals surface area contributed by atoms with Crippen LogP contribution in [0.3, 0.4) is 0 Å². The van der Waals surface area contributed by atoms with E-state index in [0.717, 1.165) is 28.3 Å². The molecule has 0 aliphatic rings. The first-order valence-electron chi connectivity index (χ1n) is 10.5. The van der Waals surface area contributed by atoms with Gasteiger partial charge in [0, 0.05) is 24.4 Å². The molecule has 0 radical (unpaired) electrons. The molecule has 4 aromatic rings. The number of carboxylic acid groups (broad SMARTS) is 1. The highest BCUT2D eigenvalue weighted by Gasteiger charge is 2.20.